The summed E-state index contributed by atoms with van der Waals surface area (Å²) in [6.07, 6.45) is 6.80. The summed E-state index contributed by atoms with van der Waals surface area (Å²) in [5.41, 5.74) is 0. The number of carboxylic acid groups (broad SMARTS) is 1. The van der Waals surface area contributed by atoms with E-state index in [0.717, 1.165) is 25.7 Å². The molecule has 0 aliphatic heterocycles. The highest BCUT2D eigenvalue weighted by atomic mass is 16.7. The van der Waals surface area contributed by atoms with E-state index in [1.807, 2.05) is 0 Å². The molecule has 142 valence electrons. The molecule has 0 amide bonds. The molecule has 0 saturated heterocycles. The second kappa shape index (κ2) is 16.7. The number of unbranched alkanes of at least 4 members (excludes halogenated alkanes) is 3. The molecule has 0 bridgehead atoms. The first-order chi connectivity index (χ1) is 11.6. The third-order valence-electron chi connectivity index (χ3n) is 3.47. The topological polar surface area (TPSA) is 82.1 Å². The van der Waals surface area contributed by atoms with E-state index < -0.39 is 5.97 Å². The van der Waals surface area contributed by atoms with E-state index >= 15 is 0 Å². The zero-order chi connectivity index (χ0) is 18.0. The number of esters is 1. The number of carbonyl (C=O) groups is 2. The normalized spacial score (nSPS) is 11.0. The lowest BCUT2D eigenvalue weighted by molar-refractivity contribution is -0.153. The minimum Gasteiger partial charge on any atom is -0.481 e. The van der Waals surface area contributed by atoms with E-state index in [1.54, 1.807) is 0 Å². The van der Waals surface area contributed by atoms with Crippen molar-refractivity contribution in [1.29, 1.82) is 0 Å². The molecule has 0 saturated carbocycles. The highest BCUT2D eigenvalue weighted by molar-refractivity contribution is 5.69. The van der Waals surface area contributed by atoms with Gasteiger partial charge in [0.1, 0.15) is 0 Å². The standard InChI is InChI=1S/C18H34O6/c1-3-5-13-23-18(24-14-6-4-2)12-9-15-22-17(21)11-8-7-10-16(19)20/h18H,3-15H2,1-2H3,(H,19,20). The maximum atomic E-state index is 11.5. The van der Waals surface area contributed by atoms with Gasteiger partial charge in [0, 0.05) is 32.5 Å². The van der Waals surface area contributed by atoms with Crippen molar-refractivity contribution in [2.24, 2.45) is 0 Å². The Morgan fingerprint density at radius 1 is 0.833 bits per heavy atom. The van der Waals surface area contributed by atoms with Crippen LogP contribution >= 0.6 is 0 Å². The summed E-state index contributed by atoms with van der Waals surface area (Å²) < 4.78 is 16.6. The van der Waals surface area contributed by atoms with Gasteiger partial charge in [0.2, 0.25) is 0 Å². The van der Waals surface area contributed by atoms with Crippen LogP contribution in [0.15, 0.2) is 0 Å². The van der Waals surface area contributed by atoms with Crippen molar-refractivity contribution in [3.05, 3.63) is 0 Å². The predicted molar refractivity (Wildman–Crippen MR) is 91.8 cm³/mol. The molecule has 0 unspecified atom stereocenters. The van der Waals surface area contributed by atoms with Crippen molar-refractivity contribution < 1.29 is 28.9 Å². The van der Waals surface area contributed by atoms with Crippen LogP contribution in [-0.4, -0.2) is 43.2 Å². The fourth-order valence-electron chi connectivity index (χ4n) is 1.99. The minimum absolute atomic E-state index is 0.0964. The lowest BCUT2D eigenvalue weighted by Gasteiger charge is -2.18. The summed E-state index contributed by atoms with van der Waals surface area (Å²) in [6.45, 7) is 5.97. The first-order valence-electron chi connectivity index (χ1n) is 9.20. The molecule has 0 aliphatic rings. The molecule has 0 atom stereocenters. The summed E-state index contributed by atoms with van der Waals surface area (Å²) in [6, 6.07) is 0. The molecule has 0 radical (unpaired) electrons. The van der Waals surface area contributed by atoms with Gasteiger partial charge in [-0.1, -0.05) is 26.7 Å². The second-order valence-corrected chi connectivity index (χ2v) is 5.84. The van der Waals surface area contributed by atoms with Gasteiger partial charge in [-0.2, -0.15) is 0 Å². The van der Waals surface area contributed by atoms with Gasteiger partial charge >= 0.3 is 11.9 Å². The maximum Gasteiger partial charge on any atom is 0.305 e. The van der Waals surface area contributed by atoms with Crippen LogP contribution in [0.5, 0.6) is 0 Å². The van der Waals surface area contributed by atoms with Crippen LogP contribution in [0.2, 0.25) is 0 Å². The molecule has 0 aromatic heterocycles. The Kier molecular flexibility index (Phi) is 15.9. The van der Waals surface area contributed by atoms with Gasteiger partial charge in [-0.05, 0) is 32.1 Å². The number of ether oxygens (including phenoxy) is 3. The van der Waals surface area contributed by atoms with Crippen molar-refractivity contribution in [2.45, 2.75) is 84.3 Å². The van der Waals surface area contributed by atoms with Crippen molar-refractivity contribution >= 4 is 11.9 Å². The van der Waals surface area contributed by atoms with Gasteiger partial charge in [0.15, 0.2) is 6.29 Å². The third kappa shape index (κ3) is 15.7. The first-order valence-corrected chi connectivity index (χ1v) is 9.20. The lowest BCUT2D eigenvalue weighted by atomic mass is 10.2. The highest BCUT2D eigenvalue weighted by Gasteiger charge is 2.10. The number of aliphatic carboxylic acids is 1. The SMILES string of the molecule is CCCCOC(CCCOC(=O)CCCCC(=O)O)OCCCC. The third-order valence-corrected chi connectivity index (χ3v) is 3.47. The molecule has 0 aromatic rings. The summed E-state index contributed by atoms with van der Waals surface area (Å²) >= 11 is 0. The molecule has 0 aromatic carbocycles. The second-order valence-electron chi connectivity index (χ2n) is 5.84. The molecule has 6 nitrogen and oxygen atoms in total. The van der Waals surface area contributed by atoms with E-state index in [4.69, 9.17) is 19.3 Å². The van der Waals surface area contributed by atoms with E-state index in [2.05, 4.69) is 13.8 Å². The number of rotatable bonds is 17. The van der Waals surface area contributed by atoms with Gasteiger partial charge in [-0.15, -0.1) is 0 Å². The van der Waals surface area contributed by atoms with Crippen molar-refractivity contribution in [3.8, 4) is 0 Å². The van der Waals surface area contributed by atoms with Crippen LogP contribution in [0.4, 0.5) is 0 Å². The van der Waals surface area contributed by atoms with Crippen molar-refractivity contribution in [3.63, 3.8) is 0 Å². The Morgan fingerprint density at radius 2 is 1.42 bits per heavy atom. The Bertz CT molecular complexity index is 309. The molecule has 0 spiro atoms. The number of hydrogen-bond acceptors (Lipinski definition) is 5. The van der Waals surface area contributed by atoms with Gasteiger partial charge < -0.3 is 19.3 Å². The van der Waals surface area contributed by atoms with Crippen LogP contribution in [0.1, 0.15) is 78.1 Å². The quantitative estimate of drug-likeness (QED) is 0.244. The summed E-state index contributed by atoms with van der Waals surface area (Å²) in [4.78, 5) is 21.9. The zero-order valence-corrected chi connectivity index (χ0v) is 15.3. The first kappa shape index (κ1) is 22.9. The molecular formula is C18H34O6. The van der Waals surface area contributed by atoms with E-state index in [1.165, 1.54) is 0 Å². The smallest absolute Gasteiger partial charge is 0.305 e. The summed E-state index contributed by atoms with van der Waals surface area (Å²) in [5.74, 6) is -1.10. The number of hydrogen-bond donors (Lipinski definition) is 1. The molecule has 0 fully saturated rings. The average Bonchev–Trinajstić information content (AvgIpc) is 2.55. The summed E-state index contributed by atoms with van der Waals surface area (Å²) in [7, 11) is 0. The predicted octanol–water partition coefficient (Wildman–Crippen LogP) is 3.91. The molecular weight excluding hydrogens is 312 g/mol. The fraction of sp³-hybridized carbons (Fsp3) is 0.889. The monoisotopic (exact) mass is 346 g/mol. The van der Waals surface area contributed by atoms with Gasteiger partial charge in [0.25, 0.3) is 0 Å². The number of carboxylic acids is 1. The molecule has 0 rings (SSSR count). The Labute approximate surface area is 145 Å². The van der Waals surface area contributed by atoms with Crippen LogP contribution in [0.3, 0.4) is 0 Å². The van der Waals surface area contributed by atoms with Gasteiger partial charge in [-0.25, -0.2) is 0 Å². The van der Waals surface area contributed by atoms with Crippen LogP contribution in [0.25, 0.3) is 0 Å². The Balaban J connectivity index is 3.74. The van der Waals surface area contributed by atoms with Crippen LogP contribution in [0, 0.1) is 0 Å². The molecule has 6 heteroatoms. The largest absolute Gasteiger partial charge is 0.481 e. The van der Waals surface area contributed by atoms with Crippen molar-refractivity contribution in [1.82, 2.24) is 0 Å². The molecule has 0 aliphatic carbocycles. The van der Waals surface area contributed by atoms with Gasteiger partial charge in [0.05, 0.1) is 6.61 Å². The van der Waals surface area contributed by atoms with Crippen molar-refractivity contribution in [2.75, 3.05) is 19.8 Å². The minimum atomic E-state index is -0.833. The number of carbonyl (C=O) groups excluding carboxylic acids is 1. The fourth-order valence-corrected chi connectivity index (χ4v) is 1.99. The molecule has 1 N–H and O–H groups in total. The lowest BCUT2D eigenvalue weighted by Crippen LogP contribution is -2.20. The van der Waals surface area contributed by atoms with Crippen LogP contribution in [-0.2, 0) is 23.8 Å². The van der Waals surface area contributed by atoms with Crippen LogP contribution < -0.4 is 0 Å². The van der Waals surface area contributed by atoms with E-state index in [0.29, 0.717) is 45.5 Å². The Hall–Kier alpha value is -1.14. The maximum absolute atomic E-state index is 11.5. The average molecular weight is 346 g/mol. The van der Waals surface area contributed by atoms with E-state index in [-0.39, 0.29) is 25.1 Å². The highest BCUT2D eigenvalue weighted by Crippen LogP contribution is 2.08. The Morgan fingerprint density at radius 3 is 1.96 bits per heavy atom. The molecule has 24 heavy (non-hydrogen) atoms. The van der Waals surface area contributed by atoms with E-state index in [9.17, 15) is 9.59 Å². The summed E-state index contributed by atoms with van der Waals surface area (Å²) in [5, 5.41) is 8.52. The molecule has 0 heterocycles. The van der Waals surface area contributed by atoms with Gasteiger partial charge in [-0.3, -0.25) is 9.59 Å². The zero-order valence-electron chi connectivity index (χ0n) is 15.3.